The van der Waals surface area contributed by atoms with Gasteiger partial charge in [0, 0.05) is 23.1 Å². The number of halogens is 1. The Morgan fingerprint density at radius 1 is 1.50 bits per heavy atom. The van der Waals surface area contributed by atoms with Gasteiger partial charge in [-0.05, 0) is 18.6 Å². The van der Waals surface area contributed by atoms with Crippen molar-refractivity contribution in [2.24, 2.45) is 0 Å². The zero-order valence-corrected chi connectivity index (χ0v) is 13.0. The first-order chi connectivity index (χ1) is 9.63. The van der Waals surface area contributed by atoms with Gasteiger partial charge in [-0.1, -0.05) is 39.4 Å². The number of rotatable bonds is 3. The molecule has 1 aliphatic rings. The molecule has 0 aliphatic carbocycles. The van der Waals surface area contributed by atoms with E-state index in [1.54, 1.807) is 18.3 Å². The molecular weight excluding hydrogens is 340 g/mol. The molecule has 3 rings (SSSR count). The van der Waals surface area contributed by atoms with Crippen LogP contribution in [0, 0.1) is 0 Å². The summed E-state index contributed by atoms with van der Waals surface area (Å²) >= 11 is 4.75. The van der Waals surface area contributed by atoms with Crippen molar-refractivity contribution < 1.29 is 9.90 Å². The summed E-state index contributed by atoms with van der Waals surface area (Å²) in [6.07, 6.45) is 2.09. The van der Waals surface area contributed by atoms with Crippen molar-refractivity contribution >= 4 is 38.2 Å². The Balaban J connectivity index is 1.81. The van der Waals surface area contributed by atoms with E-state index in [1.807, 2.05) is 17.0 Å². The number of anilines is 1. The quantitative estimate of drug-likeness (QED) is 0.863. The Hall–Kier alpha value is -1.24. The van der Waals surface area contributed by atoms with Crippen LogP contribution in [0.3, 0.4) is 0 Å². The average Bonchev–Trinajstić information content (AvgIpc) is 3.06. The Kier molecular flexibility index (Phi) is 3.87. The summed E-state index contributed by atoms with van der Waals surface area (Å²) in [4.78, 5) is 19.3. The van der Waals surface area contributed by atoms with Crippen LogP contribution in [0.2, 0.25) is 0 Å². The molecule has 6 heteroatoms. The first-order valence-corrected chi connectivity index (χ1v) is 7.93. The molecule has 1 aliphatic heterocycles. The van der Waals surface area contributed by atoms with Crippen molar-refractivity contribution in [3.05, 3.63) is 45.4 Å². The van der Waals surface area contributed by atoms with Crippen molar-refractivity contribution in [3.8, 4) is 0 Å². The Bertz CT molecular complexity index is 644. The predicted octanol–water partition coefficient (Wildman–Crippen LogP) is 2.71. The highest BCUT2D eigenvalue weighted by Crippen LogP contribution is 2.27. The SMILES string of the molecule is O=C(c1cccc(Br)c1)c1cnc(N2CC[C@H](O)C2)s1. The minimum Gasteiger partial charge on any atom is -0.391 e. The zero-order chi connectivity index (χ0) is 14.1. The first-order valence-electron chi connectivity index (χ1n) is 6.32. The maximum atomic E-state index is 12.4. The Labute approximate surface area is 129 Å². The minimum absolute atomic E-state index is 0.0187. The van der Waals surface area contributed by atoms with Crippen molar-refractivity contribution in [1.29, 1.82) is 0 Å². The summed E-state index contributed by atoms with van der Waals surface area (Å²) in [6, 6.07) is 7.34. The predicted molar refractivity (Wildman–Crippen MR) is 82.5 cm³/mol. The second-order valence-corrected chi connectivity index (χ2v) is 6.66. The fraction of sp³-hybridized carbons (Fsp3) is 0.286. The smallest absolute Gasteiger partial charge is 0.204 e. The zero-order valence-electron chi connectivity index (χ0n) is 10.6. The third-order valence-electron chi connectivity index (χ3n) is 3.24. The van der Waals surface area contributed by atoms with Crippen molar-refractivity contribution in [1.82, 2.24) is 4.98 Å². The van der Waals surface area contributed by atoms with Crippen LogP contribution in [-0.4, -0.2) is 35.1 Å². The van der Waals surface area contributed by atoms with E-state index < -0.39 is 0 Å². The van der Waals surface area contributed by atoms with E-state index in [4.69, 9.17) is 0 Å². The molecule has 20 heavy (non-hydrogen) atoms. The summed E-state index contributed by atoms with van der Waals surface area (Å²) in [7, 11) is 0. The molecule has 0 amide bonds. The molecule has 1 aromatic heterocycles. The molecule has 0 bridgehead atoms. The van der Waals surface area contributed by atoms with E-state index >= 15 is 0 Å². The maximum absolute atomic E-state index is 12.4. The summed E-state index contributed by atoms with van der Waals surface area (Å²) < 4.78 is 0.885. The molecule has 1 atom stereocenters. The van der Waals surface area contributed by atoms with Crippen LogP contribution >= 0.6 is 27.3 Å². The lowest BCUT2D eigenvalue weighted by molar-refractivity contribution is 0.104. The van der Waals surface area contributed by atoms with Gasteiger partial charge in [0.15, 0.2) is 5.13 Å². The largest absolute Gasteiger partial charge is 0.391 e. The average molecular weight is 353 g/mol. The number of aliphatic hydroxyl groups excluding tert-OH is 1. The topological polar surface area (TPSA) is 53.4 Å². The van der Waals surface area contributed by atoms with E-state index in [0.29, 0.717) is 17.0 Å². The molecule has 1 saturated heterocycles. The number of carbonyl (C=O) groups excluding carboxylic acids is 1. The molecule has 2 heterocycles. The molecule has 1 fully saturated rings. The van der Waals surface area contributed by atoms with E-state index in [9.17, 15) is 9.90 Å². The van der Waals surface area contributed by atoms with Crippen molar-refractivity contribution in [2.75, 3.05) is 18.0 Å². The summed E-state index contributed by atoms with van der Waals surface area (Å²) in [6.45, 7) is 1.39. The van der Waals surface area contributed by atoms with Gasteiger partial charge in [-0.25, -0.2) is 4.98 Å². The van der Waals surface area contributed by atoms with E-state index in [1.165, 1.54) is 11.3 Å². The van der Waals surface area contributed by atoms with Gasteiger partial charge < -0.3 is 10.0 Å². The second-order valence-electron chi connectivity index (χ2n) is 4.74. The van der Waals surface area contributed by atoms with Gasteiger partial charge in [-0.15, -0.1) is 0 Å². The summed E-state index contributed by atoms with van der Waals surface area (Å²) in [5, 5.41) is 10.4. The number of thiazole rings is 1. The maximum Gasteiger partial charge on any atom is 0.204 e. The van der Waals surface area contributed by atoms with Gasteiger partial charge in [-0.2, -0.15) is 0 Å². The van der Waals surface area contributed by atoms with Crippen molar-refractivity contribution in [2.45, 2.75) is 12.5 Å². The normalized spacial score (nSPS) is 18.5. The minimum atomic E-state index is -0.289. The number of carbonyl (C=O) groups is 1. The van der Waals surface area contributed by atoms with Gasteiger partial charge in [-0.3, -0.25) is 4.79 Å². The number of hydrogen-bond acceptors (Lipinski definition) is 5. The number of aromatic nitrogens is 1. The van der Waals surface area contributed by atoms with Crippen LogP contribution in [0.4, 0.5) is 5.13 Å². The lowest BCUT2D eigenvalue weighted by Crippen LogP contribution is -2.20. The van der Waals surface area contributed by atoms with Crippen LogP contribution in [-0.2, 0) is 0 Å². The van der Waals surface area contributed by atoms with Crippen LogP contribution in [0.15, 0.2) is 34.9 Å². The van der Waals surface area contributed by atoms with E-state index in [2.05, 4.69) is 20.9 Å². The third-order valence-corrected chi connectivity index (χ3v) is 4.79. The lowest BCUT2D eigenvalue weighted by Gasteiger charge is -2.12. The molecule has 104 valence electrons. The van der Waals surface area contributed by atoms with E-state index in [-0.39, 0.29) is 11.9 Å². The Morgan fingerprint density at radius 3 is 3.05 bits per heavy atom. The molecule has 4 nitrogen and oxygen atoms in total. The monoisotopic (exact) mass is 352 g/mol. The Morgan fingerprint density at radius 2 is 2.35 bits per heavy atom. The number of ketones is 1. The second kappa shape index (κ2) is 5.63. The number of nitrogens with zero attached hydrogens (tertiary/aromatic N) is 2. The van der Waals surface area contributed by atoms with Crippen molar-refractivity contribution in [3.63, 3.8) is 0 Å². The molecule has 1 aromatic carbocycles. The van der Waals surface area contributed by atoms with Gasteiger partial charge in [0.2, 0.25) is 5.78 Å². The highest BCUT2D eigenvalue weighted by molar-refractivity contribution is 9.10. The lowest BCUT2D eigenvalue weighted by atomic mass is 10.1. The van der Waals surface area contributed by atoms with E-state index in [0.717, 1.165) is 22.6 Å². The van der Waals surface area contributed by atoms with Gasteiger partial charge in [0.05, 0.1) is 17.2 Å². The number of hydrogen-bond donors (Lipinski definition) is 1. The summed E-state index contributed by atoms with van der Waals surface area (Å²) in [5.74, 6) is -0.0187. The van der Waals surface area contributed by atoms with Gasteiger partial charge >= 0.3 is 0 Å². The third kappa shape index (κ3) is 2.77. The first kappa shape index (κ1) is 13.7. The van der Waals surface area contributed by atoms with Crippen LogP contribution in [0.1, 0.15) is 21.7 Å². The highest BCUT2D eigenvalue weighted by atomic mass is 79.9. The standard InChI is InChI=1S/C14H13BrN2O2S/c15-10-3-1-2-9(6-10)13(19)12-7-16-14(20-12)17-5-4-11(18)8-17/h1-3,6-7,11,18H,4-5,8H2/t11-/m0/s1. The molecule has 0 unspecified atom stereocenters. The molecule has 1 N–H and O–H groups in total. The van der Waals surface area contributed by atoms with Gasteiger partial charge in [0.25, 0.3) is 0 Å². The van der Waals surface area contributed by atoms with Crippen LogP contribution < -0.4 is 4.90 Å². The molecular formula is C14H13BrN2O2S. The number of aliphatic hydroxyl groups is 1. The fourth-order valence-electron chi connectivity index (χ4n) is 2.20. The number of benzene rings is 1. The highest BCUT2D eigenvalue weighted by Gasteiger charge is 2.23. The summed E-state index contributed by atoms with van der Waals surface area (Å²) in [5.41, 5.74) is 0.649. The molecule has 0 spiro atoms. The molecule has 0 radical (unpaired) electrons. The van der Waals surface area contributed by atoms with Crippen LogP contribution in [0.25, 0.3) is 0 Å². The van der Waals surface area contributed by atoms with Gasteiger partial charge in [0.1, 0.15) is 0 Å². The number of β-amino-alcohol motifs (C(OH)–C–C–N with tert-alkyl or cyclic N) is 1. The fourth-order valence-corrected chi connectivity index (χ4v) is 3.52. The molecule has 2 aromatic rings. The van der Waals surface area contributed by atoms with Crippen LogP contribution in [0.5, 0.6) is 0 Å². The molecule has 0 saturated carbocycles.